The van der Waals surface area contributed by atoms with E-state index in [0.29, 0.717) is 5.41 Å². The minimum Gasteiger partial charge on any atom is -0.493 e. The molecule has 2 fully saturated rings. The normalized spacial score (nSPS) is 17.9. The maximum atomic E-state index is 5.37. The van der Waals surface area contributed by atoms with E-state index in [9.17, 15) is 0 Å². The van der Waals surface area contributed by atoms with Crippen LogP contribution in [0.4, 0.5) is 0 Å². The van der Waals surface area contributed by atoms with Crippen molar-refractivity contribution in [2.45, 2.75) is 39.0 Å². The lowest BCUT2D eigenvalue weighted by Gasteiger charge is -2.15. The molecule has 2 N–H and O–H groups in total. The minimum atomic E-state index is 0. The zero-order valence-corrected chi connectivity index (χ0v) is 18.5. The molecule has 2 aliphatic rings. The van der Waals surface area contributed by atoms with Crippen LogP contribution in [0.1, 0.15) is 38.2 Å². The van der Waals surface area contributed by atoms with E-state index >= 15 is 0 Å². The molecule has 0 bridgehead atoms. The summed E-state index contributed by atoms with van der Waals surface area (Å²) in [5, 5.41) is 6.83. The first-order valence-electron chi connectivity index (χ1n) is 9.44. The predicted molar refractivity (Wildman–Crippen MR) is 117 cm³/mol. The van der Waals surface area contributed by atoms with E-state index in [4.69, 9.17) is 14.5 Å². The van der Waals surface area contributed by atoms with Crippen molar-refractivity contribution >= 4 is 29.9 Å². The molecule has 2 saturated carbocycles. The topological polar surface area (TPSA) is 54.9 Å². The zero-order chi connectivity index (χ0) is 17.7. The first kappa shape index (κ1) is 21.1. The Labute approximate surface area is 174 Å². The lowest BCUT2D eigenvalue weighted by atomic mass is 10.0. The molecule has 0 aliphatic heterocycles. The molecule has 0 unspecified atom stereocenters. The number of methoxy groups -OCH3 is 2. The average Bonchev–Trinajstić information content (AvgIpc) is 3.52. The summed E-state index contributed by atoms with van der Waals surface area (Å²) in [6.07, 6.45) is 6.48. The van der Waals surface area contributed by atoms with E-state index in [2.05, 4.69) is 23.6 Å². The Morgan fingerprint density at radius 3 is 2.46 bits per heavy atom. The molecule has 0 radical (unpaired) electrons. The number of ether oxygens (including phenoxy) is 2. The molecule has 26 heavy (non-hydrogen) atoms. The first-order chi connectivity index (χ1) is 12.2. The van der Waals surface area contributed by atoms with Gasteiger partial charge < -0.3 is 20.1 Å². The van der Waals surface area contributed by atoms with Crippen molar-refractivity contribution in [1.29, 1.82) is 0 Å². The van der Waals surface area contributed by atoms with Crippen molar-refractivity contribution in [1.82, 2.24) is 10.6 Å². The van der Waals surface area contributed by atoms with Gasteiger partial charge in [0.1, 0.15) is 0 Å². The predicted octanol–water partition coefficient (Wildman–Crippen LogP) is 3.61. The molecule has 0 atom stereocenters. The minimum absolute atomic E-state index is 0. The van der Waals surface area contributed by atoms with E-state index in [1.807, 2.05) is 12.1 Å². The van der Waals surface area contributed by atoms with Crippen LogP contribution in [0.3, 0.4) is 0 Å². The van der Waals surface area contributed by atoms with Gasteiger partial charge in [0, 0.05) is 19.6 Å². The van der Waals surface area contributed by atoms with Crippen molar-refractivity contribution in [3.05, 3.63) is 23.8 Å². The second-order valence-corrected chi connectivity index (χ2v) is 7.20. The summed E-state index contributed by atoms with van der Waals surface area (Å²) in [5.41, 5.74) is 1.77. The van der Waals surface area contributed by atoms with Gasteiger partial charge in [0.2, 0.25) is 0 Å². The highest BCUT2D eigenvalue weighted by Crippen LogP contribution is 2.61. The maximum Gasteiger partial charge on any atom is 0.191 e. The van der Waals surface area contributed by atoms with E-state index in [1.54, 1.807) is 14.2 Å². The van der Waals surface area contributed by atoms with Crippen LogP contribution < -0.4 is 20.1 Å². The Bertz CT molecular complexity index is 613. The zero-order valence-electron chi connectivity index (χ0n) is 16.1. The number of rotatable bonds is 9. The van der Waals surface area contributed by atoms with Gasteiger partial charge >= 0.3 is 0 Å². The fourth-order valence-electron chi connectivity index (χ4n) is 3.49. The molecule has 146 valence electrons. The van der Waals surface area contributed by atoms with Crippen LogP contribution in [0, 0.1) is 11.3 Å². The number of nitrogens with one attached hydrogen (secondary N) is 2. The third-order valence-corrected chi connectivity index (χ3v) is 5.39. The smallest absolute Gasteiger partial charge is 0.191 e. The van der Waals surface area contributed by atoms with Crippen LogP contribution >= 0.6 is 24.0 Å². The lowest BCUT2D eigenvalue weighted by molar-refractivity contribution is 0.354. The van der Waals surface area contributed by atoms with Gasteiger partial charge in [0.25, 0.3) is 0 Å². The van der Waals surface area contributed by atoms with E-state index in [1.165, 1.54) is 31.2 Å². The number of halogens is 1. The molecular formula is C20H32IN3O2. The Hall–Kier alpha value is -1.18. The van der Waals surface area contributed by atoms with Gasteiger partial charge in [-0.25, -0.2) is 0 Å². The van der Waals surface area contributed by atoms with Crippen molar-refractivity contribution in [2.24, 2.45) is 16.3 Å². The third-order valence-electron chi connectivity index (χ3n) is 5.39. The van der Waals surface area contributed by atoms with E-state index < -0.39 is 0 Å². The number of guanidine groups is 1. The van der Waals surface area contributed by atoms with Crippen LogP contribution in [-0.2, 0) is 6.42 Å². The maximum absolute atomic E-state index is 5.37. The molecule has 6 heteroatoms. The molecular weight excluding hydrogens is 441 g/mol. The van der Waals surface area contributed by atoms with Crippen LogP contribution in [0.5, 0.6) is 11.5 Å². The Morgan fingerprint density at radius 2 is 1.88 bits per heavy atom. The second kappa shape index (κ2) is 9.67. The van der Waals surface area contributed by atoms with Gasteiger partial charge in [-0.1, -0.05) is 6.07 Å². The SMILES string of the molecule is CCNC(=NCC1(C2CC2)CC1)NCCc1ccc(OC)c(OC)c1.I. The standard InChI is InChI=1S/C20H31N3O2.HI/c1-4-21-19(23-14-20(10-11-20)16-6-7-16)22-12-9-15-5-8-17(24-2)18(13-15)25-3;/h5,8,13,16H,4,6-7,9-12,14H2,1-3H3,(H2,21,22,23);1H. The monoisotopic (exact) mass is 473 g/mol. The number of hydrogen-bond acceptors (Lipinski definition) is 3. The van der Waals surface area contributed by atoms with Crippen LogP contribution in [0.15, 0.2) is 23.2 Å². The molecule has 3 rings (SSSR count). The van der Waals surface area contributed by atoms with Crippen LogP contribution in [-0.4, -0.2) is 39.8 Å². The third kappa shape index (κ3) is 5.41. The van der Waals surface area contributed by atoms with E-state index in [0.717, 1.165) is 49.4 Å². The summed E-state index contributed by atoms with van der Waals surface area (Å²) in [7, 11) is 3.33. The second-order valence-electron chi connectivity index (χ2n) is 7.20. The largest absolute Gasteiger partial charge is 0.493 e. The van der Waals surface area contributed by atoms with Crippen molar-refractivity contribution in [2.75, 3.05) is 33.9 Å². The fourth-order valence-corrected chi connectivity index (χ4v) is 3.49. The van der Waals surface area contributed by atoms with Gasteiger partial charge in [-0.2, -0.15) is 0 Å². The summed E-state index contributed by atoms with van der Waals surface area (Å²) >= 11 is 0. The van der Waals surface area contributed by atoms with E-state index in [-0.39, 0.29) is 24.0 Å². The van der Waals surface area contributed by atoms with Gasteiger partial charge in [-0.15, -0.1) is 24.0 Å². The first-order valence-corrected chi connectivity index (χ1v) is 9.44. The summed E-state index contributed by atoms with van der Waals surface area (Å²) in [6, 6.07) is 6.08. The molecule has 2 aliphatic carbocycles. The summed E-state index contributed by atoms with van der Waals surface area (Å²) in [6.45, 7) is 4.82. The number of aliphatic imine (C=N–C) groups is 1. The van der Waals surface area contributed by atoms with Gasteiger partial charge in [-0.3, -0.25) is 4.99 Å². The summed E-state index contributed by atoms with van der Waals surface area (Å²) < 4.78 is 10.7. The quantitative estimate of drug-likeness (QED) is 0.327. The highest BCUT2D eigenvalue weighted by molar-refractivity contribution is 14.0. The van der Waals surface area contributed by atoms with Crippen molar-refractivity contribution < 1.29 is 9.47 Å². The molecule has 0 aromatic heterocycles. The molecule has 0 amide bonds. The number of nitrogens with zero attached hydrogens (tertiary/aromatic N) is 1. The van der Waals surface area contributed by atoms with Crippen molar-refractivity contribution in [3.8, 4) is 11.5 Å². The van der Waals surface area contributed by atoms with Gasteiger partial charge in [0.15, 0.2) is 17.5 Å². The summed E-state index contributed by atoms with van der Waals surface area (Å²) in [4.78, 5) is 4.85. The molecule has 1 aromatic carbocycles. The summed E-state index contributed by atoms with van der Waals surface area (Å²) in [5.74, 6) is 3.44. The highest BCUT2D eigenvalue weighted by atomic mass is 127. The molecule has 0 spiro atoms. The number of benzene rings is 1. The van der Waals surface area contributed by atoms with Crippen molar-refractivity contribution in [3.63, 3.8) is 0 Å². The highest BCUT2D eigenvalue weighted by Gasteiger charge is 2.53. The fraction of sp³-hybridized carbons (Fsp3) is 0.650. The Balaban J connectivity index is 0.00000243. The number of hydrogen-bond donors (Lipinski definition) is 2. The Kier molecular flexibility index (Phi) is 7.85. The molecule has 0 heterocycles. The Morgan fingerprint density at radius 1 is 1.15 bits per heavy atom. The van der Waals surface area contributed by atoms with Crippen LogP contribution in [0.25, 0.3) is 0 Å². The lowest BCUT2D eigenvalue weighted by Crippen LogP contribution is -2.38. The van der Waals surface area contributed by atoms with Gasteiger partial charge in [-0.05, 0) is 68.1 Å². The average molecular weight is 473 g/mol. The van der Waals surface area contributed by atoms with Crippen LogP contribution in [0.2, 0.25) is 0 Å². The molecule has 5 nitrogen and oxygen atoms in total. The molecule has 0 saturated heterocycles. The molecule has 1 aromatic rings. The van der Waals surface area contributed by atoms with Gasteiger partial charge in [0.05, 0.1) is 14.2 Å².